The summed E-state index contributed by atoms with van der Waals surface area (Å²) >= 11 is 1.64. The highest BCUT2D eigenvalue weighted by Crippen LogP contribution is 2.47. The predicted octanol–water partition coefficient (Wildman–Crippen LogP) is 4.93. The van der Waals surface area contributed by atoms with Crippen molar-refractivity contribution in [3.05, 3.63) is 34.2 Å². The van der Waals surface area contributed by atoms with Crippen molar-refractivity contribution in [1.82, 2.24) is 9.88 Å². The number of nitrogens with zero attached hydrogens (tertiary/aromatic N) is 2. The summed E-state index contributed by atoms with van der Waals surface area (Å²) in [5, 5.41) is 3.79. The molecule has 6 heteroatoms. The molecule has 138 valence electrons. The number of furan rings is 1. The van der Waals surface area contributed by atoms with Crippen LogP contribution in [0.2, 0.25) is 0 Å². The number of carbonyl (C=O) groups is 1. The number of urea groups is 1. The van der Waals surface area contributed by atoms with Crippen molar-refractivity contribution in [3.8, 4) is 0 Å². The Bertz CT molecular complexity index is 799. The zero-order valence-corrected chi connectivity index (χ0v) is 16.0. The number of carbonyl (C=O) groups excluding carboxylic acids is 1. The van der Waals surface area contributed by atoms with Crippen LogP contribution in [0.3, 0.4) is 0 Å². The van der Waals surface area contributed by atoms with Crippen LogP contribution in [0.25, 0.3) is 0 Å². The van der Waals surface area contributed by atoms with E-state index in [9.17, 15) is 4.79 Å². The van der Waals surface area contributed by atoms with E-state index in [1.54, 1.807) is 11.3 Å². The molecule has 2 unspecified atom stereocenters. The standard InChI is InChI=1S/C20H25N3O2S/c1-12-10-15(12)17-9-8-14(25-17)11-23(13-6-7-13)20(24)22-19-21-16-4-2-3-5-18(16)26-19/h8-9,12-13,15H,2-7,10-11H2,1H3,(H,21,22,24). The Balaban J connectivity index is 1.27. The number of thiazole rings is 1. The molecule has 2 saturated carbocycles. The van der Waals surface area contributed by atoms with Gasteiger partial charge in [0.1, 0.15) is 11.5 Å². The van der Waals surface area contributed by atoms with Gasteiger partial charge in [-0.1, -0.05) is 6.92 Å². The molecule has 2 atom stereocenters. The van der Waals surface area contributed by atoms with E-state index in [2.05, 4.69) is 23.3 Å². The van der Waals surface area contributed by atoms with Gasteiger partial charge in [-0.15, -0.1) is 11.3 Å². The summed E-state index contributed by atoms with van der Waals surface area (Å²) in [5.74, 6) is 3.28. The van der Waals surface area contributed by atoms with Crippen molar-refractivity contribution in [3.63, 3.8) is 0 Å². The first kappa shape index (κ1) is 16.4. The molecule has 5 nitrogen and oxygen atoms in total. The van der Waals surface area contributed by atoms with E-state index < -0.39 is 0 Å². The van der Waals surface area contributed by atoms with Crippen LogP contribution >= 0.6 is 11.3 Å². The number of amides is 2. The molecule has 1 N–H and O–H groups in total. The number of aromatic nitrogens is 1. The van der Waals surface area contributed by atoms with Gasteiger partial charge in [-0.05, 0) is 63.0 Å². The summed E-state index contributed by atoms with van der Waals surface area (Å²) in [5.41, 5.74) is 1.18. The summed E-state index contributed by atoms with van der Waals surface area (Å²) in [6, 6.07) is 4.40. The van der Waals surface area contributed by atoms with Crippen LogP contribution in [0, 0.1) is 5.92 Å². The first-order valence-electron chi connectivity index (χ1n) is 9.82. The minimum Gasteiger partial charge on any atom is -0.464 e. The topological polar surface area (TPSA) is 58.4 Å². The third-order valence-corrected chi connectivity index (χ3v) is 6.86. The van der Waals surface area contributed by atoms with E-state index in [4.69, 9.17) is 4.42 Å². The molecule has 0 radical (unpaired) electrons. The van der Waals surface area contributed by atoms with E-state index in [1.807, 2.05) is 11.0 Å². The second-order valence-corrected chi connectivity index (χ2v) is 9.09. The van der Waals surface area contributed by atoms with Gasteiger partial charge in [0.05, 0.1) is 12.2 Å². The van der Waals surface area contributed by atoms with Crippen molar-refractivity contribution < 1.29 is 9.21 Å². The first-order valence-corrected chi connectivity index (χ1v) is 10.6. The average molecular weight is 372 g/mol. The number of anilines is 1. The maximum atomic E-state index is 12.9. The smallest absolute Gasteiger partial charge is 0.324 e. The van der Waals surface area contributed by atoms with E-state index >= 15 is 0 Å². The number of hydrogen-bond acceptors (Lipinski definition) is 4. The fourth-order valence-electron chi connectivity index (χ4n) is 3.89. The molecular weight excluding hydrogens is 346 g/mol. The van der Waals surface area contributed by atoms with Gasteiger partial charge in [0.15, 0.2) is 5.13 Å². The van der Waals surface area contributed by atoms with Crippen molar-refractivity contribution in [2.75, 3.05) is 5.32 Å². The average Bonchev–Trinajstić information content (AvgIpc) is 3.51. The quantitative estimate of drug-likeness (QED) is 0.810. The first-order chi connectivity index (χ1) is 12.7. The van der Waals surface area contributed by atoms with Crippen LogP contribution in [0.15, 0.2) is 16.5 Å². The van der Waals surface area contributed by atoms with Crippen molar-refractivity contribution >= 4 is 22.5 Å². The van der Waals surface area contributed by atoms with Crippen LogP contribution in [-0.4, -0.2) is 22.0 Å². The Morgan fingerprint density at radius 1 is 1.35 bits per heavy atom. The van der Waals surface area contributed by atoms with Gasteiger partial charge in [-0.3, -0.25) is 5.32 Å². The van der Waals surface area contributed by atoms with Crippen LogP contribution in [-0.2, 0) is 19.4 Å². The minimum atomic E-state index is -0.0451. The molecule has 0 aliphatic heterocycles. The highest BCUT2D eigenvalue weighted by molar-refractivity contribution is 7.15. The maximum absolute atomic E-state index is 12.9. The molecule has 0 saturated heterocycles. The third kappa shape index (κ3) is 3.27. The van der Waals surface area contributed by atoms with E-state index in [0.29, 0.717) is 18.5 Å². The van der Waals surface area contributed by atoms with Gasteiger partial charge >= 0.3 is 6.03 Å². The predicted molar refractivity (Wildman–Crippen MR) is 102 cm³/mol. The number of hydrogen-bond donors (Lipinski definition) is 1. The molecule has 5 rings (SSSR count). The fourth-order valence-corrected chi connectivity index (χ4v) is 4.93. The van der Waals surface area contributed by atoms with Crippen molar-refractivity contribution in [1.29, 1.82) is 0 Å². The van der Waals surface area contributed by atoms with Crippen molar-refractivity contribution in [2.24, 2.45) is 5.92 Å². The summed E-state index contributed by atoms with van der Waals surface area (Å²) in [7, 11) is 0. The SMILES string of the molecule is CC1CC1c1ccc(CN(C(=O)Nc2nc3c(s2)CCCC3)C2CC2)o1. The molecule has 2 amide bonds. The number of nitrogens with one attached hydrogen (secondary N) is 1. The Hall–Kier alpha value is -1.82. The molecule has 0 bridgehead atoms. The molecule has 0 aromatic carbocycles. The lowest BCUT2D eigenvalue weighted by Crippen LogP contribution is -2.36. The van der Waals surface area contributed by atoms with Gasteiger partial charge in [0.2, 0.25) is 0 Å². The lowest BCUT2D eigenvalue weighted by Gasteiger charge is -2.21. The number of aryl methyl sites for hydroxylation is 2. The molecule has 2 aromatic rings. The van der Waals surface area contributed by atoms with E-state index in [-0.39, 0.29) is 6.03 Å². The van der Waals surface area contributed by atoms with E-state index in [0.717, 1.165) is 48.3 Å². The molecule has 2 aromatic heterocycles. The molecule has 3 aliphatic carbocycles. The zero-order chi connectivity index (χ0) is 17.7. The van der Waals surface area contributed by atoms with Crippen LogP contribution in [0.5, 0.6) is 0 Å². The molecule has 0 spiro atoms. The third-order valence-electron chi connectivity index (χ3n) is 5.79. The summed E-state index contributed by atoms with van der Waals surface area (Å²) in [6.07, 6.45) is 7.96. The zero-order valence-electron chi connectivity index (χ0n) is 15.2. The lowest BCUT2D eigenvalue weighted by atomic mass is 10.0. The molecule has 26 heavy (non-hydrogen) atoms. The molecule has 2 fully saturated rings. The van der Waals surface area contributed by atoms with Gasteiger partial charge in [-0.2, -0.15) is 0 Å². The second-order valence-electron chi connectivity index (χ2n) is 8.01. The van der Waals surface area contributed by atoms with Gasteiger partial charge in [0.25, 0.3) is 0 Å². The highest BCUT2D eigenvalue weighted by Gasteiger charge is 2.37. The number of fused-ring (bicyclic) bond motifs is 1. The largest absolute Gasteiger partial charge is 0.464 e. The lowest BCUT2D eigenvalue weighted by molar-refractivity contribution is 0.200. The summed E-state index contributed by atoms with van der Waals surface area (Å²) in [6.45, 7) is 2.80. The highest BCUT2D eigenvalue weighted by atomic mass is 32.1. The normalized spacial score (nSPS) is 24.2. The number of rotatable bonds is 5. The Labute approximate surface area is 157 Å². The minimum absolute atomic E-state index is 0.0451. The van der Waals surface area contributed by atoms with E-state index in [1.165, 1.54) is 29.8 Å². The Morgan fingerprint density at radius 2 is 2.15 bits per heavy atom. The Kier molecular flexibility index (Phi) is 4.03. The van der Waals surface area contributed by atoms with Crippen LogP contribution in [0.1, 0.15) is 67.0 Å². The summed E-state index contributed by atoms with van der Waals surface area (Å²) in [4.78, 5) is 20.8. The summed E-state index contributed by atoms with van der Waals surface area (Å²) < 4.78 is 6.02. The van der Waals surface area contributed by atoms with Gasteiger partial charge < -0.3 is 9.32 Å². The fraction of sp³-hybridized carbons (Fsp3) is 0.600. The molecule has 2 heterocycles. The van der Waals surface area contributed by atoms with Crippen LogP contribution in [0.4, 0.5) is 9.93 Å². The van der Waals surface area contributed by atoms with Crippen molar-refractivity contribution in [2.45, 2.75) is 70.4 Å². The van der Waals surface area contributed by atoms with Gasteiger partial charge in [0, 0.05) is 16.8 Å². The second kappa shape index (κ2) is 6.41. The molecular formula is C20H25N3O2S. The monoisotopic (exact) mass is 371 g/mol. The maximum Gasteiger partial charge on any atom is 0.324 e. The van der Waals surface area contributed by atoms with Crippen LogP contribution < -0.4 is 5.32 Å². The molecule has 3 aliphatic rings. The van der Waals surface area contributed by atoms with Gasteiger partial charge in [-0.25, -0.2) is 9.78 Å². The Morgan fingerprint density at radius 3 is 2.88 bits per heavy atom.